The standard InChI is InChI=1S/C21H26N2O2/c1-16-7-9-19(10-8-16)14-21(25)22-11-12-23(18(3)24)15-20-6-4-5-17(2)13-20/h4-10,13H,11-12,14-15H2,1-3H3,(H,22,25). The topological polar surface area (TPSA) is 49.4 Å². The second kappa shape index (κ2) is 9.02. The highest BCUT2D eigenvalue weighted by atomic mass is 16.2. The fourth-order valence-corrected chi connectivity index (χ4v) is 2.66. The molecule has 2 aromatic carbocycles. The minimum absolute atomic E-state index is 0.00860. The molecule has 2 amide bonds. The SMILES string of the molecule is CC(=O)N(CCNC(=O)Cc1ccc(C)cc1)Cc1cccc(C)c1. The fraction of sp³-hybridized carbons (Fsp3) is 0.333. The molecule has 25 heavy (non-hydrogen) atoms. The van der Waals surface area contributed by atoms with Gasteiger partial charge in [-0.05, 0) is 25.0 Å². The molecule has 2 rings (SSSR count). The van der Waals surface area contributed by atoms with Crippen LogP contribution in [0.15, 0.2) is 48.5 Å². The summed E-state index contributed by atoms with van der Waals surface area (Å²) in [5.41, 5.74) is 4.44. The summed E-state index contributed by atoms with van der Waals surface area (Å²) in [7, 11) is 0. The second-order valence-electron chi connectivity index (χ2n) is 6.44. The van der Waals surface area contributed by atoms with Gasteiger partial charge in [-0.2, -0.15) is 0 Å². The second-order valence-corrected chi connectivity index (χ2v) is 6.44. The maximum atomic E-state index is 12.0. The minimum Gasteiger partial charge on any atom is -0.354 e. The molecule has 0 aliphatic heterocycles. The fourth-order valence-electron chi connectivity index (χ4n) is 2.66. The van der Waals surface area contributed by atoms with Crippen molar-refractivity contribution in [1.82, 2.24) is 10.2 Å². The molecule has 0 saturated carbocycles. The van der Waals surface area contributed by atoms with Crippen LogP contribution < -0.4 is 5.32 Å². The van der Waals surface area contributed by atoms with Gasteiger partial charge in [0, 0.05) is 26.6 Å². The highest BCUT2D eigenvalue weighted by Crippen LogP contribution is 2.08. The molecule has 0 aromatic heterocycles. The average molecular weight is 338 g/mol. The molecule has 0 fully saturated rings. The summed E-state index contributed by atoms with van der Waals surface area (Å²) in [5, 5.41) is 2.90. The number of rotatable bonds is 7. The molecule has 0 atom stereocenters. The summed E-state index contributed by atoms with van der Waals surface area (Å²) in [6.45, 7) is 7.13. The Morgan fingerprint density at radius 2 is 1.68 bits per heavy atom. The Balaban J connectivity index is 1.81. The molecular weight excluding hydrogens is 312 g/mol. The van der Waals surface area contributed by atoms with Crippen molar-refractivity contribution in [3.63, 3.8) is 0 Å². The van der Waals surface area contributed by atoms with E-state index in [2.05, 4.69) is 11.4 Å². The van der Waals surface area contributed by atoms with Crippen LogP contribution in [-0.2, 0) is 22.6 Å². The van der Waals surface area contributed by atoms with Crippen LogP contribution in [-0.4, -0.2) is 29.8 Å². The molecule has 0 radical (unpaired) electrons. The maximum Gasteiger partial charge on any atom is 0.224 e. The van der Waals surface area contributed by atoms with E-state index in [-0.39, 0.29) is 11.8 Å². The largest absolute Gasteiger partial charge is 0.354 e. The summed E-state index contributed by atoms with van der Waals surface area (Å²) in [6, 6.07) is 16.1. The number of amides is 2. The molecule has 0 bridgehead atoms. The quantitative estimate of drug-likeness (QED) is 0.844. The van der Waals surface area contributed by atoms with Crippen molar-refractivity contribution in [3.05, 3.63) is 70.8 Å². The first-order valence-corrected chi connectivity index (χ1v) is 8.57. The van der Waals surface area contributed by atoms with Crippen LogP contribution in [0.3, 0.4) is 0 Å². The molecule has 0 aliphatic carbocycles. The van der Waals surface area contributed by atoms with E-state index in [1.54, 1.807) is 11.8 Å². The first kappa shape index (κ1) is 18.7. The molecule has 0 spiro atoms. The minimum atomic E-state index is -0.0251. The number of carbonyl (C=O) groups excluding carboxylic acids is 2. The summed E-state index contributed by atoms with van der Waals surface area (Å²) in [4.78, 5) is 25.6. The highest BCUT2D eigenvalue weighted by Gasteiger charge is 2.10. The van der Waals surface area contributed by atoms with Crippen molar-refractivity contribution < 1.29 is 9.59 Å². The Morgan fingerprint density at radius 3 is 2.32 bits per heavy atom. The Kier molecular flexibility index (Phi) is 6.75. The van der Waals surface area contributed by atoms with Gasteiger partial charge in [0.25, 0.3) is 0 Å². The first-order chi connectivity index (χ1) is 11.9. The number of hydrogen-bond acceptors (Lipinski definition) is 2. The van der Waals surface area contributed by atoms with E-state index in [0.717, 1.165) is 11.1 Å². The third-order valence-electron chi connectivity index (χ3n) is 4.09. The van der Waals surface area contributed by atoms with Crippen LogP contribution in [0.5, 0.6) is 0 Å². The van der Waals surface area contributed by atoms with E-state index in [9.17, 15) is 9.59 Å². The van der Waals surface area contributed by atoms with Gasteiger partial charge < -0.3 is 10.2 Å². The summed E-state index contributed by atoms with van der Waals surface area (Å²) < 4.78 is 0. The van der Waals surface area contributed by atoms with Crippen molar-refractivity contribution in [2.45, 2.75) is 33.7 Å². The molecule has 1 N–H and O–H groups in total. The van der Waals surface area contributed by atoms with Gasteiger partial charge in [-0.25, -0.2) is 0 Å². The molecule has 0 aliphatic rings. The van der Waals surface area contributed by atoms with Gasteiger partial charge in [-0.3, -0.25) is 9.59 Å². The predicted octanol–water partition coefficient (Wildman–Crippen LogP) is 3.01. The van der Waals surface area contributed by atoms with Crippen molar-refractivity contribution in [3.8, 4) is 0 Å². The van der Waals surface area contributed by atoms with Crippen molar-refractivity contribution >= 4 is 11.8 Å². The molecule has 0 heterocycles. The van der Waals surface area contributed by atoms with E-state index in [4.69, 9.17) is 0 Å². The van der Waals surface area contributed by atoms with Gasteiger partial charge in [0.15, 0.2) is 0 Å². The molecule has 132 valence electrons. The van der Waals surface area contributed by atoms with E-state index in [1.807, 2.05) is 56.3 Å². The summed E-state index contributed by atoms with van der Waals surface area (Å²) in [5.74, 6) is -0.0165. The highest BCUT2D eigenvalue weighted by molar-refractivity contribution is 5.78. The molecule has 4 nitrogen and oxygen atoms in total. The van der Waals surface area contributed by atoms with E-state index >= 15 is 0 Å². The zero-order valence-electron chi connectivity index (χ0n) is 15.2. The van der Waals surface area contributed by atoms with Crippen LogP contribution in [0.25, 0.3) is 0 Å². The lowest BCUT2D eigenvalue weighted by molar-refractivity contribution is -0.130. The van der Waals surface area contributed by atoms with Gasteiger partial charge in [0.1, 0.15) is 0 Å². The van der Waals surface area contributed by atoms with Gasteiger partial charge in [0.2, 0.25) is 11.8 Å². The number of benzene rings is 2. The number of nitrogens with one attached hydrogen (secondary N) is 1. The zero-order chi connectivity index (χ0) is 18.2. The van der Waals surface area contributed by atoms with Gasteiger partial charge >= 0.3 is 0 Å². The Hall–Kier alpha value is -2.62. The molecule has 2 aromatic rings. The van der Waals surface area contributed by atoms with Crippen molar-refractivity contribution in [2.24, 2.45) is 0 Å². The smallest absolute Gasteiger partial charge is 0.224 e. The third-order valence-corrected chi connectivity index (χ3v) is 4.09. The Labute approximate surface area is 149 Å². The van der Waals surface area contributed by atoms with E-state index < -0.39 is 0 Å². The number of hydrogen-bond donors (Lipinski definition) is 1. The number of aryl methyl sites for hydroxylation is 2. The lowest BCUT2D eigenvalue weighted by atomic mass is 10.1. The molecule has 0 unspecified atom stereocenters. The summed E-state index contributed by atoms with van der Waals surface area (Å²) in [6.07, 6.45) is 0.359. The van der Waals surface area contributed by atoms with Crippen LogP contribution in [0.2, 0.25) is 0 Å². The Morgan fingerprint density at radius 1 is 0.960 bits per heavy atom. The normalized spacial score (nSPS) is 10.4. The molecular formula is C21H26N2O2. The van der Waals surface area contributed by atoms with Crippen molar-refractivity contribution in [1.29, 1.82) is 0 Å². The third kappa shape index (κ3) is 6.42. The summed E-state index contributed by atoms with van der Waals surface area (Å²) >= 11 is 0. The zero-order valence-corrected chi connectivity index (χ0v) is 15.2. The monoisotopic (exact) mass is 338 g/mol. The van der Waals surface area contributed by atoms with Crippen LogP contribution in [0.4, 0.5) is 0 Å². The van der Waals surface area contributed by atoms with E-state index in [1.165, 1.54) is 11.1 Å². The van der Waals surface area contributed by atoms with Crippen molar-refractivity contribution in [2.75, 3.05) is 13.1 Å². The lowest BCUT2D eigenvalue weighted by Crippen LogP contribution is -2.37. The number of carbonyl (C=O) groups is 2. The first-order valence-electron chi connectivity index (χ1n) is 8.57. The van der Waals surface area contributed by atoms with Gasteiger partial charge in [-0.15, -0.1) is 0 Å². The van der Waals surface area contributed by atoms with E-state index in [0.29, 0.717) is 26.1 Å². The number of nitrogens with zero attached hydrogens (tertiary/aromatic N) is 1. The van der Waals surface area contributed by atoms with Gasteiger partial charge in [0.05, 0.1) is 6.42 Å². The average Bonchev–Trinajstić information content (AvgIpc) is 2.56. The lowest BCUT2D eigenvalue weighted by Gasteiger charge is -2.21. The Bertz CT molecular complexity index is 723. The van der Waals surface area contributed by atoms with Crippen LogP contribution in [0.1, 0.15) is 29.2 Å². The van der Waals surface area contributed by atoms with Gasteiger partial charge in [-0.1, -0.05) is 59.7 Å². The maximum absolute atomic E-state index is 12.0. The van der Waals surface area contributed by atoms with Crippen LogP contribution in [0, 0.1) is 13.8 Å². The predicted molar refractivity (Wildman–Crippen MR) is 100 cm³/mol. The molecule has 4 heteroatoms. The molecule has 0 saturated heterocycles. The van der Waals surface area contributed by atoms with Crippen LogP contribution >= 0.6 is 0 Å².